The third kappa shape index (κ3) is 4.93. The minimum absolute atomic E-state index is 0.0871. The number of carbonyl (C=O) groups excluding carboxylic acids is 2. The normalized spacial score (nSPS) is 14.6. The molecule has 3 aromatic rings. The zero-order valence-corrected chi connectivity index (χ0v) is 17.1. The largest absolute Gasteiger partial charge is 0.490 e. The van der Waals surface area contributed by atoms with Gasteiger partial charge in [0.05, 0.1) is 5.69 Å². The van der Waals surface area contributed by atoms with E-state index >= 15 is 0 Å². The van der Waals surface area contributed by atoms with E-state index in [1.807, 2.05) is 37.3 Å². The Labute approximate surface area is 180 Å². The van der Waals surface area contributed by atoms with E-state index in [2.05, 4.69) is 5.43 Å². The van der Waals surface area contributed by atoms with Crippen LogP contribution in [0.4, 0.5) is 5.69 Å². The van der Waals surface area contributed by atoms with Gasteiger partial charge in [0, 0.05) is 0 Å². The highest BCUT2D eigenvalue weighted by Gasteiger charge is 2.34. The molecule has 3 aromatic carbocycles. The van der Waals surface area contributed by atoms with Crippen molar-refractivity contribution in [3.8, 4) is 11.5 Å². The molecule has 1 aliphatic rings. The Hall–Kier alpha value is -4.06. The summed E-state index contributed by atoms with van der Waals surface area (Å²) in [5.74, 6) is 0.676. The second-order valence-electron chi connectivity index (χ2n) is 7.05. The van der Waals surface area contributed by atoms with Crippen molar-refractivity contribution >= 4 is 23.6 Å². The van der Waals surface area contributed by atoms with Crippen LogP contribution in [0.15, 0.2) is 84.4 Å². The number of anilines is 1. The van der Waals surface area contributed by atoms with Crippen molar-refractivity contribution in [3.63, 3.8) is 0 Å². The smallest absolute Gasteiger partial charge is 0.282 e. The van der Waals surface area contributed by atoms with Crippen molar-refractivity contribution in [3.05, 3.63) is 95.6 Å². The first-order chi connectivity index (χ1) is 15.1. The predicted molar refractivity (Wildman–Crippen MR) is 119 cm³/mol. The van der Waals surface area contributed by atoms with Gasteiger partial charge in [-0.2, -0.15) is 0 Å². The maximum absolute atomic E-state index is 12.6. The molecule has 4 rings (SSSR count). The van der Waals surface area contributed by atoms with Gasteiger partial charge in [0.2, 0.25) is 0 Å². The van der Waals surface area contributed by atoms with Gasteiger partial charge >= 0.3 is 0 Å². The summed E-state index contributed by atoms with van der Waals surface area (Å²) in [6, 6.07) is 24.0. The van der Waals surface area contributed by atoms with E-state index in [1.54, 1.807) is 54.6 Å². The van der Waals surface area contributed by atoms with Crippen LogP contribution in [0.5, 0.6) is 11.5 Å². The summed E-state index contributed by atoms with van der Waals surface area (Å²) < 4.78 is 11.3. The second-order valence-corrected chi connectivity index (χ2v) is 7.05. The van der Waals surface area contributed by atoms with E-state index in [1.165, 1.54) is 10.6 Å². The van der Waals surface area contributed by atoms with Crippen LogP contribution in [0.2, 0.25) is 0 Å². The Kier molecular flexibility index (Phi) is 5.98. The highest BCUT2D eigenvalue weighted by atomic mass is 16.5. The van der Waals surface area contributed by atoms with Crippen LogP contribution in [-0.2, 0) is 9.59 Å². The molecular weight excluding hydrogens is 392 g/mol. The third-order valence-electron chi connectivity index (χ3n) is 4.74. The fraction of sp³-hybridized carbons (Fsp3) is 0.120. The fourth-order valence-electron chi connectivity index (χ4n) is 3.10. The van der Waals surface area contributed by atoms with Crippen LogP contribution in [-0.4, -0.2) is 25.0 Å². The fourth-order valence-corrected chi connectivity index (χ4v) is 3.10. The highest BCUT2D eigenvalue weighted by Crippen LogP contribution is 2.22. The summed E-state index contributed by atoms with van der Waals surface area (Å²) in [6.07, 6.45) is 1.57. The zero-order valence-electron chi connectivity index (χ0n) is 17.1. The van der Waals surface area contributed by atoms with Crippen molar-refractivity contribution in [1.29, 1.82) is 0 Å². The number of ether oxygens (including phenoxy) is 2. The molecule has 0 aromatic heterocycles. The number of benzene rings is 3. The highest BCUT2D eigenvalue weighted by molar-refractivity contribution is 6.31. The molecule has 0 bridgehead atoms. The minimum atomic E-state index is -0.428. The Morgan fingerprint density at radius 2 is 1.39 bits per heavy atom. The number of rotatable bonds is 7. The summed E-state index contributed by atoms with van der Waals surface area (Å²) in [7, 11) is 0. The van der Waals surface area contributed by atoms with E-state index in [0.29, 0.717) is 24.7 Å². The van der Waals surface area contributed by atoms with Gasteiger partial charge in [0.15, 0.2) is 0 Å². The Morgan fingerprint density at radius 1 is 0.806 bits per heavy atom. The average molecular weight is 414 g/mol. The molecule has 1 N–H and O–H groups in total. The van der Waals surface area contributed by atoms with Gasteiger partial charge in [0.1, 0.15) is 30.3 Å². The van der Waals surface area contributed by atoms with E-state index in [9.17, 15) is 9.59 Å². The maximum atomic E-state index is 12.6. The van der Waals surface area contributed by atoms with Gasteiger partial charge in [-0.05, 0) is 55.0 Å². The molecule has 31 heavy (non-hydrogen) atoms. The number of nitrogens with zero attached hydrogens (tertiary/aromatic N) is 1. The number of amides is 2. The molecule has 1 saturated heterocycles. The minimum Gasteiger partial charge on any atom is -0.490 e. The number of aryl methyl sites for hydroxylation is 1. The first kappa shape index (κ1) is 20.2. The summed E-state index contributed by atoms with van der Waals surface area (Å²) >= 11 is 0. The van der Waals surface area contributed by atoms with Crippen LogP contribution in [0.3, 0.4) is 0 Å². The van der Waals surface area contributed by atoms with Crippen LogP contribution in [0, 0.1) is 6.92 Å². The molecule has 1 aliphatic heterocycles. The van der Waals surface area contributed by atoms with Gasteiger partial charge in [-0.1, -0.05) is 48.0 Å². The standard InChI is InChI=1S/C25H22N2O4/c1-18-7-11-21(12-8-18)30-15-16-31-22-13-9-19(10-14-22)17-23-24(28)26-27(25(23)29)20-5-3-2-4-6-20/h2-14,17H,15-16H2,1H3,(H,26,28)/b23-17+. The van der Waals surface area contributed by atoms with Crippen molar-refractivity contribution in [2.45, 2.75) is 6.92 Å². The van der Waals surface area contributed by atoms with Gasteiger partial charge in [-0.15, -0.1) is 0 Å². The van der Waals surface area contributed by atoms with E-state index in [-0.39, 0.29) is 11.5 Å². The van der Waals surface area contributed by atoms with E-state index in [4.69, 9.17) is 9.47 Å². The lowest BCUT2D eigenvalue weighted by Crippen LogP contribution is -2.35. The molecule has 2 amide bonds. The monoisotopic (exact) mass is 414 g/mol. The first-order valence-electron chi connectivity index (χ1n) is 9.95. The number of hydrazine groups is 1. The molecular formula is C25H22N2O4. The van der Waals surface area contributed by atoms with Crippen LogP contribution in [0.1, 0.15) is 11.1 Å². The zero-order chi connectivity index (χ0) is 21.6. The van der Waals surface area contributed by atoms with Crippen molar-refractivity contribution in [2.24, 2.45) is 0 Å². The summed E-state index contributed by atoms with van der Waals surface area (Å²) in [4.78, 5) is 24.9. The number of nitrogens with one attached hydrogen (secondary N) is 1. The molecule has 6 heteroatoms. The van der Waals surface area contributed by atoms with Crippen molar-refractivity contribution < 1.29 is 19.1 Å². The van der Waals surface area contributed by atoms with E-state index in [0.717, 1.165) is 11.3 Å². The Bertz CT molecular complexity index is 1090. The predicted octanol–water partition coefficient (Wildman–Crippen LogP) is 3.91. The molecule has 156 valence electrons. The molecule has 0 saturated carbocycles. The van der Waals surface area contributed by atoms with Gasteiger partial charge in [0.25, 0.3) is 11.8 Å². The van der Waals surface area contributed by atoms with Crippen molar-refractivity contribution in [2.75, 3.05) is 18.2 Å². The number of hydrogen-bond acceptors (Lipinski definition) is 4. The Balaban J connectivity index is 1.33. The number of hydrogen-bond donors (Lipinski definition) is 1. The van der Waals surface area contributed by atoms with Gasteiger partial charge < -0.3 is 9.47 Å². The first-order valence-corrected chi connectivity index (χ1v) is 9.95. The Morgan fingerprint density at radius 3 is 2.00 bits per heavy atom. The molecule has 6 nitrogen and oxygen atoms in total. The molecule has 0 spiro atoms. The van der Waals surface area contributed by atoms with Crippen LogP contribution < -0.4 is 19.9 Å². The lowest BCUT2D eigenvalue weighted by Gasteiger charge is -2.13. The van der Waals surface area contributed by atoms with Gasteiger partial charge in [-0.3, -0.25) is 15.0 Å². The number of carbonyl (C=O) groups is 2. The second kappa shape index (κ2) is 9.17. The molecule has 0 unspecified atom stereocenters. The van der Waals surface area contributed by atoms with Crippen LogP contribution >= 0.6 is 0 Å². The van der Waals surface area contributed by atoms with Crippen LogP contribution in [0.25, 0.3) is 6.08 Å². The topological polar surface area (TPSA) is 67.9 Å². The third-order valence-corrected chi connectivity index (χ3v) is 4.74. The maximum Gasteiger partial charge on any atom is 0.282 e. The lowest BCUT2D eigenvalue weighted by molar-refractivity contribution is -0.117. The summed E-state index contributed by atoms with van der Waals surface area (Å²) in [5.41, 5.74) is 5.21. The lowest BCUT2D eigenvalue weighted by atomic mass is 10.1. The molecule has 0 atom stereocenters. The molecule has 0 radical (unpaired) electrons. The van der Waals surface area contributed by atoms with E-state index < -0.39 is 5.91 Å². The summed E-state index contributed by atoms with van der Waals surface area (Å²) in [5, 5.41) is 1.25. The van der Waals surface area contributed by atoms with Crippen molar-refractivity contribution in [1.82, 2.24) is 5.43 Å². The summed E-state index contributed by atoms with van der Waals surface area (Å²) in [6.45, 7) is 2.86. The molecule has 1 fully saturated rings. The SMILES string of the molecule is Cc1ccc(OCCOc2ccc(/C=C3\C(=O)NN(c4ccccc4)C3=O)cc2)cc1. The van der Waals surface area contributed by atoms with Gasteiger partial charge in [-0.25, -0.2) is 5.01 Å². The molecule has 1 heterocycles. The number of para-hydroxylation sites is 1. The quantitative estimate of drug-likeness (QED) is 0.362. The molecule has 0 aliphatic carbocycles. The average Bonchev–Trinajstić information content (AvgIpc) is 3.08.